The maximum atomic E-state index is 10.9. The van der Waals surface area contributed by atoms with Crippen LogP contribution in [0.3, 0.4) is 0 Å². The highest BCUT2D eigenvalue weighted by molar-refractivity contribution is 9.10. The van der Waals surface area contributed by atoms with E-state index in [0.717, 1.165) is 15.6 Å². The lowest BCUT2D eigenvalue weighted by molar-refractivity contribution is 1.03. The largest absolute Gasteiger partial charge is 0.385 e. The average molecular weight is 280 g/mol. The molecule has 0 radical (unpaired) electrons. The number of aromatic amines is 1. The van der Waals surface area contributed by atoms with Crippen LogP contribution in [0.2, 0.25) is 0 Å². The highest BCUT2D eigenvalue weighted by atomic mass is 79.9. The Morgan fingerprint density at radius 3 is 2.94 bits per heavy atom. The fourth-order valence-electron chi connectivity index (χ4n) is 1.44. The average Bonchev–Trinajstić information content (AvgIpc) is 2.22. The molecule has 4 nitrogen and oxygen atoms in total. The third-order valence-electron chi connectivity index (χ3n) is 2.21. The monoisotopic (exact) mass is 279 g/mol. The molecule has 0 unspecified atom stereocenters. The summed E-state index contributed by atoms with van der Waals surface area (Å²) in [7, 11) is 0. The fourth-order valence-corrected chi connectivity index (χ4v) is 1.89. The van der Waals surface area contributed by atoms with Gasteiger partial charge in [-0.1, -0.05) is 28.1 Å². The number of rotatable bonds is 2. The highest BCUT2D eigenvalue weighted by Crippen LogP contribution is 2.16. The van der Waals surface area contributed by atoms with E-state index in [9.17, 15) is 4.79 Å². The minimum Gasteiger partial charge on any atom is -0.385 e. The lowest BCUT2D eigenvalue weighted by Crippen LogP contribution is -2.14. The molecule has 2 aromatic rings. The zero-order valence-electron chi connectivity index (χ0n) is 8.40. The third-order valence-corrected chi connectivity index (χ3v) is 2.70. The van der Waals surface area contributed by atoms with Crippen LogP contribution in [0.4, 0.5) is 5.82 Å². The van der Waals surface area contributed by atoms with Crippen molar-refractivity contribution >= 4 is 21.7 Å². The Labute approximate surface area is 101 Å². The summed E-state index contributed by atoms with van der Waals surface area (Å²) in [6.07, 6.45) is 2.16. The number of aromatic nitrogens is 2. The van der Waals surface area contributed by atoms with Crippen molar-refractivity contribution in [2.75, 3.05) is 5.73 Å². The van der Waals surface area contributed by atoms with Crippen LogP contribution >= 0.6 is 15.9 Å². The van der Waals surface area contributed by atoms with Crippen molar-refractivity contribution in [1.82, 2.24) is 9.97 Å². The summed E-state index contributed by atoms with van der Waals surface area (Å²) in [4.78, 5) is 17.0. The van der Waals surface area contributed by atoms with Gasteiger partial charge >= 0.3 is 5.69 Å². The number of nitrogens with two attached hydrogens (primary N) is 1. The van der Waals surface area contributed by atoms with Gasteiger partial charge in [0, 0.05) is 22.7 Å². The third kappa shape index (κ3) is 2.49. The molecule has 0 aliphatic rings. The first-order valence-electron chi connectivity index (χ1n) is 4.73. The van der Waals surface area contributed by atoms with E-state index in [1.54, 1.807) is 0 Å². The van der Waals surface area contributed by atoms with Crippen molar-refractivity contribution in [2.24, 2.45) is 0 Å². The molecular formula is C11H10BrN3O. The summed E-state index contributed by atoms with van der Waals surface area (Å²) in [6.45, 7) is 0. The van der Waals surface area contributed by atoms with Gasteiger partial charge in [-0.15, -0.1) is 0 Å². The Morgan fingerprint density at radius 2 is 2.25 bits per heavy atom. The summed E-state index contributed by atoms with van der Waals surface area (Å²) in [5, 5.41) is 0. The Hall–Kier alpha value is -1.62. The molecule has 2 rings (SSSR count). The van der Waals surface area contributed by atoms with Crippen molar-refractivity contribution in [2.45, 2.75) is 6.42 Å². The van der Waals surface area contributed by atoms with Crippen LogP contribution in [0.15, 0.2) is 39.7 Å². The van der Waals surface area contributed by atoms with E-state index in [4.69, 9.17) is 5.73 Å². The molecule has 0 aliphatic carbocycles. The molecule has 0 aliphatic heterocycles. The number of nitrogens with zero attached hydrogens (tertiary/aromatic N) is 1. The summed E-state index contributed by atoms with van der Waals surface area (Å²) >= 11 is 3.40. The topological polar surface area (TPSA) is 71.8 Å². The van der Waals surface area contributed by atoms with E-state index >= 15 is 0 Å². The van der Waals surface area contributed by atoms with Crippen LogP contribution in [0.5, 0.6) is 0 Å². The van der Waals surface area contributed by atoms with Gasteiger partial charge < -0.3 is 5.73 Å². The summed E-state index contributed by atoms with van der Waals surface area (Å²) in [6, 6.07) is 7.91. The first-order valence-corrected chi connectivity index (χ1v) is 5.52. The first kappa shape index (κ1) is 10.9. The number of nitrogens with one attached hydrogen (secondary N) is 1. The van der Waals surface area contributed by atoms with E-state index in [2.05, 4.69) is 25.9 Å². The molecule has 0 saturated carbocycles. The van der Waals surface area contributed by atoms with Crippen LogP contribution < -0.4 is 11.4 Å². The van der Waals surface area contributed by atoms with Crippen molar-refractivity contribution in [3.8, 4) is 0 Å². The van der Waals surface area contributed by atoms with Gasteiger partial charge in [-0.25, -0.2) is 9.78 Å². The zero-order valence-corrected chi connectivity index (χ0v) is 9.99. The maximum absolute atomic E-state index is 10.9. The van der Waals surface area contributed by atoms with Crippen LogP contribution in [0, 0.1) is 0 Å². The number of anilines is 1. The number of halogens is 1. The van der Waals surface area contributed by atoms with E-state index in [1.807, 2.05) is 24.3 Å². The molecule has 0 bridgehead atoms. The number of benzene rings is 1. The molecule has 5 heteroatoms. The van der Waals surface area contributed by atoms with Crippen molar-refractivity contribution in [3.05, 3.63) is 56.5 Å². The fraction of sp³-hybridized carbons (Fsp3) is 0.0909. The number of hydrogen-bond donors (Lipinski definition) is 2. The molecule has 1 heterocycles. The standard InChI is InChI=1S/C11H10BrN3O/c12-9-3-1-2-7(5-9)4-8-6-14-11(16)15-10(8)13/h1-3,5-6H,4H2,(H3,13,14,15,16). The van der Waals surface area contributed by atoms with E-state index < -0.39 is 5.69 Å². The molecule has 1 aromatic heterocycles. The lowest BCUT2D eigenvalue weighted by atomic mass is 10.1. The maximum Gasteiger partial charge on any atom is 0.346 e. The highest BCUT2D eigenvalue weighted by Gasteiger charge is 2.02. The van der Waals surface area contributed by atoms with Gasteiger partial charge in [0.2, 0.25) is 0 Å². The predicted octanol–water partition coefficient (Wildman–Crippen LogP) is 1.71. The Balaban J connectivity index is 2.30. The SMILES string of the molecule is Nc1[nH]c(=O)ncc1Cc1cccc(Br)c1. The van der Waals surface area contributed by atoms with E-state index in [1.165, 1.54) is 6.20 Å². The van der Waals surface area contributed by atoms with E-state index in [-0.39, 0.29) is 0 Å². The van der Waals surface area contributed by atoms with Crippen LogP contribution in [0.1, 0.15) is 11.1 Å². The molecule has 82 valence electrons. The minimum absolute atomic E-state index is 0.375. The van der Waals surface area contributed by atoms with Gasteiger partial charge in [0.05, 0.1) is 0 Å². The molecule has 3 N–H and O–H groups in total. The first-order chi connectivity index (χ1) is 7.65. The van der Waals surface area contributed by atoms with Gasteiger partial charge in [0.1, 0.15) is 5.82 Å². The summed E-state index contributed by atoms with van der Waals surface area (Å²) in [5.74, 6) is 0.375. The Bertz CT molecular complexity index is 565. The minimum atomic E-state index is -0.421. The second-order valence-electron chi connectivity index (χ2n) is 3.43. The predicted molar refractivity (Wildman–Crippen MR) is 66.2 cm³/mol. The Kier molecular flexibility index (Phi) is 3.05. The molecular weight excluding hydrogens is 270 g/mol. The van der Waals surface area contributed by atoms with Gasteiger partial charge in [-0.3, -0.25) is 4.98 Å². The van der Waals surface area contributed by atoms with Gasteiger partial charge in [0.15, 0.2) is 0 Å². The van der Waals surface area contributed by atoms with Crippen molar-refractivity contribution < 1.29 is 0 Å². The molecule has 0 amide bonds. The number of hydrogen-bond acceptors (Lipinski definition) is 3. The molecule has 16 heavy (non-hydrogen) atoms. The summed E-state index contributed by atoms with van der Waals surface area (Å²) in [5.41, 5.74) is 7.20. The second-order valence-corrected chi connectivity index (χ2v) is 4.35. The molecule has 0 saturated heterocycles. The number of nitrogen functional groups attached to an aromatic ring is 1. The zero-order chi connectivity index (χ0) is 11.5. The Morgan fingerprint density at radius 1 is 1.44 bits per heavy atom. The normalized spacial score (nSPS) is 10.3. The van der Waals surface area contributed by atoms with Gasteiger partial charge in [-0.2, -0.15) is 0 Å². The molecule has 0 fully saturated rings. The van der Waals surface area contributed by atoms with Gasteiger partial charge in [-0.05, 0) is 17.7 Å². The molecule has 1 aromatic carbocycles. The van der Waals surface area contributed by atoms with Crippen molar-refractivity contribution in [3.63, 3.8) is 0 Å². The quantitative estimate of drug-likeness (QED) is 0.879. The van der Waals surface area contributed by atoms with Crippen molar-refractivity contribution in [1.29, 1.82) is 0 Å². The molecule has 0 atom stereocenters. The van der Waals surface area contributed by atoms with Gasteiger partial charge in [0.25, 0.3) is 0 Å². The van der Waals surface area contributed by atoms with Crippen LogP contribution in [-0.2, 0) is 6.42 Å². The second kappa shape index (κ2) is 4.49. The smallest absolute Gasteiger partial charge is 0.346 e. The summed E-state index contributed by atoms with van der Waals surface area (Å²) < 4.78 is 1.01. The number of H-pyrrole nitrogens is 1. The lowest BCUT2D eigenvalue weighted by Gasteiger charge is -2.04. The van der Waals surface area contributed by atoms with Crippen LogP contribution in [0.25, 0.3) is 0 Å². The van der Waals surface area contributed by atoms with E-state index in [0.29, 0.717) is 12.2 Å². The van der Waals surface area contributed by atoms with Crippen LogP contribution in [-0.4, -0.2) is 9.97 Å². The molecule has 0 spiro atoms.